The van der Waals surface area contributed by atoms with Crippen molar-refractivity contribution in [3.05, 3.63) is 12.2 Å². The highest BCUT2D eigenvalue weighted by molar-refractivity contribution is 5.76. The Balaban J connectivity index is 3.28. The molecule has 0 saturated heterocycles. The molecule has 3 N–H and O–H groups in total. The highest BCUT2D eigenvalue weighted by Crippen LogP contribution is 2.21. The van der Waals surface area contributed by atoms with Gasteiger partial charge in [-0.1, -0.05) is 469 Å². The second-order valence-corrected chi connectivity index (χ2v) is 29.9. The lowest BCUT2D eigenvalue weighted by Gasteiger charge is -2.20. The van der Waals surface area contributed by atoms with Crippen LogP contribution in [0.1, 0.15) is 502 Å². The van der Waals surface area contributed by atoms with E-state index in [-0.39, 0.29) is 18.5 Å². The van der Waals surface area contributed by atoms with Crippen LogP contribution in [0.4, 0.5) is 0 Å². The van der Waals surface area contributed by atoms with Crippen LogP contribution in [0.3, 0.4) is 0 Å². The summed E-state index contributed by atoms with van der Waals surface area (Å²) in [5.74, 6) is -0.0273. The number of ether oxygens (including phenoxy) is 1. The molecule has 0 saturated carbocycles. The van der Waals surface area contributed by atoms with Gasteiger partial charge in [0.2, 0.25) is 5.91 Å². The molecule has 0 heterocycles. The van der Waals surface area contributed by atoms with Gasteiger partial charge < -0.3 is 20.3 Å². The third kappa shape index (κ3) is 77.6. The van der Waals surface area contributed by atoms with Crippen LogP contribution in [0.15, 0.2) is 12.2 Å². The van der Waals surface area contributed by atoms with Crippen molar-refractivity contribution in [1.82, 2.24) is 5.32 Å². The van der Waals surface area contributed by atoms with Gasteiger partial charge in [-0.15, -0.1) is 0 Å². The van der Waals surface area contributed by atoms with Crippen molar-refractivity contribution in [1.29, 1.82) is 0 Å². The summed E-state index contributed by atoms with van der Waals surface area (Å²) in [6, 6.07) is -0.623. The summed E-state index contributed by atoms with van der Waals surface area (Å²) in [6.07, 6.45) is 105. The molecule has 6 heteroatoms. The number of amides is 1. The molecule has 0 bridgehead atoms. The van der Waals surface area contributed by atoms with Crippen LogP contribution in [0.25, 0.3) is 0 Å². The average molecular weight is 1300 g/mol. The molecule has 2 atom stereocenters. The molecule has 2 unspecified atom stereocenters. The summed E-state index contributed by atoms with van der Waals surface area (Å²) in [5.41, 5.74) is 0. The number of aliphatic hydroxyl groups is 2. The third-order valence-corrected chi connectivity index (χ3v) is 20.6. The van der Waals surface area contributed by atoms with Crippen molar-refractivity contribution in [3.63, 3.8) is 0 Å². The van der Waals surface area contributed by atoms with Gasteiger partial charge in [0.1, 0.15) is 0 Å². The van der Waals surface area contributed by atoms with E-state index in [0.29, 0.717) is 19.4 Å². The minimum absolute atomic E-state index is 0.0301. The number of esters is 1. The first-order valence-corrected chi connectivity index (χ1v) is 43.0. The van der Waals surface area contributed by atoms with Gasteiger partial charge in [0.25, 0.3) is 0 Å². The van der Waals surface area contributed by atoms with Crippen molar-refractivity contribution < 1.29 is 24.5 Å². The summed E-state index contributed by atoms with van der Waals surface area (Å²) in [6.45, 7) is 4.97. The van der Waals surface area contributed by atoms with Crippen LogP contribution in [0.2, 0.25) is 0 Å². The normalized spacial score (nSPS) is 12.4. The Kier molecular flexibility index (Phi) is 80.8. The molecule has 0 fully saturated rings. The average Bonchev–Trinajstić information content (AvgIpc) is 3.59. The van der Waals surface area contributed by atoms with Gasteiger partial charge in [0.05, 0.1) is 25.4 Å². The van der Waals surface area contributed by atoms with Gasteiger partial charge in [0.15, 0.2) is 0 Å². The maximum absolute atomic E-state index is 12.5. The number of carbonyl (C=O) groups is 2. The van der Waals surface area contributed by atoms with E-state index < -0.39 is 12.1 Å². The zero-order valence-corrected chi connectivity index (χ0v) is 63.1. The van der Waals surface area contributed by atoms with Gasteiger partial charge in [0, 0.05) is 12.8 Å². The van der Waals surface area contributed by atoms with E-state index in [1.165, 1.54) is 437 Å². The summed E-state index contributed by atoms with van der Waals surface area (Å²) in [5, 5.41) is 23.2. The smallest absolute Gasteiger partial charge is 0.305 e. The zero-order valence-electron chi connectivity index (χ0n) is 63.1. The Morgan fingerprint density at radius 2 is 0.500 bits per heavy atom. The Labute approximate surface area is 578 Å². The molecule has 0 rings (SSSR count). The van der Waals surface area contributed by atoms with Gasteiger partial charge >= 0.3 is 5.97 Å². The fourth-order valence-electron chi connectivity index (χ4n) is 14.1. The lowest BCUT2D eigenvalue weighted by atomic mass is 10.0. The monoisotopic (exact) mass is 1300 g/mol. The topological polar surface area (TPSA) is 95.9 Å². The number of nitrogens with one attached hydrogen (secondary N) is 1. The molecular weight excluding hydrogens is 1130 g/mol. The van der Waals surface area contributed by atoms with Crippen molar-refractivity contribution in [2.75, 3.05) is 13.2 Å². The van der Waals surface area contributed by atoms with Crippen LogP contribution < -0.4 is 5.32 Å². The molecule has 0 aliphatic carbocycles. The van der Waals surface area contributed by atoms with Crippen LogP contribution in [0, 0.1) is 0 Å². The van der Waals surface area contributed by atoms with E-state index in [0.717, 1.165) is 38.5 Å². The number of hydrogen-bond donors (Lipinski definition) is 3. The Morgan fingerprint density at radius 1 is 0.293 bits per heavy atom. The first-order chi connectivity index (χ1) is 45.5. The Hall–Kier alpha value is -1.40. The highest BCUT2D eigenvalue weighted by atomic mass is 16.5. The molecule has 548 valence electrons. The van der Waals surface area contributed by atoms with Gasteiger partial charge in [-0.3, -0.25) is 9.59 Å². The second-order valence-electron chi connectivity index (χ2n) is 29.9. The van der Waals surface area contributed by atoms with Crippen molar-refractivity contribution >= 4 is 11.9 Å². The summed E-state index contributed by atoms with van der Waals surface area (Å²) >= 11 is 0. The van der Waals surface area contributed by atoms with Gasteiger partial charge in [-0.2, -0.15) is 0 Å². The molecule has 1 amide bonds. The second kappa shape index (κ2) is 82.0. The molecular formula is C86H169NO5. The van der Waals surface area contributed by atoms with Crippen LogP contribution in [-0.2, 0) is 14.3 Å². The lowest BCUT2D eigenvalue weighted by molar-refractivity contribution is -0.143. The molecule has 0 aliphatic rings. The van der Waals surface area contributed by atoms with Crippen LogP contribution >= 0.6 is 0 Å². The minimum atomic E-state index is -0.840. The molecule has 92 heavy (non-hydrogen) atoms. The van der Waals surface area contributed by atoms with E-state index in [1.54, 1.807) is 6.08 Å². The first-order valence-electron chi connectivity index (χ1n) is 43.0. The number of allylic oxidation sites excluding steroid dienone is 1. The molecule has 0 aliphatic heterocycles. The molecule has 0 aromatic rings. The number of unbranched alkanes of at least 4 members (excludes halogenated alkanes) is 71. The van der Waals surface area contributed by atoms with Crippen LogP contribution in [0.5, 0.6) is 0 Å². The Morgan fingerprint density at radius 3 is 0.739 bits per heavy atom. The van der Waals surface area contributed by atoms with Crippen molar-refractivity contribution in [2.45, 2.75) is 514 Å². The lowest BCUT2D eigenvalue weighted by Crippen LogP contribution is -2.45. The quantitative estimate of drug-likeness (QED) is 0.0320. The minimum Gasteiger partial charge on any atom is -0.466 e. The van der Waals surface area contributed by atoms with E-state index >= 15 is 0 Å². The van der Waals surface area contributed by atoms with E-state index in [4.69, 9.17) is 4.74 Å². The van der Waals surface area contributed by atoms with Crippen molar-refractivity contribution in [2.24, 2.45) is 0 Å². The van der Waals surface area contributed by atoms with Gasteiger partial charge in [-0.05, 0) is 32.1 Å². The standard InChI is InChI=1S/C86H169NO5/c1-3-5-7-9-11-13-15-17-19-21-43-48-52-56-60-64-68-72-76-80-86(91)92-81-77-73-69-65-61-57-53-49-45-42-40-38-36-34-32-30-28-26-24-22-23-25-27-29-31-33-35-37-39-41-44-47-51-55-59-63-67-71-75-79-85(90)87-83(82-88)84(89)78-74-70-66-62-58-54-50-46-20-18-16-14-12-10-8-6-4-2/h74,78,83-84,88-89H,3-73,75-77,79-82H2,1-2H3,(H,87,90)/b78-74+. The molecule has 0 aromatic heterocycles. The fraction of sp³-hybridized carbons (Fsp3) is 0.953. The maximum Gasteiger partial charge on any atom is 0.305 e. The fourth-order valence-corrected chi connectivity index (χ4v) is 14.1. The summed E-state index contributed by atoms with van der Waals surface area (Å²) < 4.78 is 5.53. The highest BCUT2D eigenvalue weighted by Gasteiger charge is 2.18. The van der Waals surface area contributed by atoms with E-state index in [9.17, 15) is 19.8 Å². The number of hydrogen-bond acceptors (Lipinski definition) is 5. The molecule has 6 nitrogen and oxygen atoms in total. The predicted molar refractivity (Wildman–Crippen MR) is 407 cm³/mol. The number of rotatable bonds is 82. The number of aliphatic hydroxyl groups excluding tert-OH is 2. The summed E-state index contributed by atoms with van der Waals surface area (Å²) in [4.78, 5) is 24.7. The van der Waals surface area contributed by atoms with Crippen molar-refractivity contribution in [3.8, 4) is 0 Å². The predicted octanol–water partition coefficient (Wildman–Crippen LogP) is 28.6. The van der Waals surface area contributed by atoms with Gasteiger partial charge in [-0.25, -0.2) is 0 Å². The van der Waals surface area contributed by atoms with E-state index in [1.807, 2.05) is 6.08 Å². The maximum atomic E-state index is 12.5. The summed E-state index contributed by atoms with van der Waals surface area (Å²) in [7, 11) is 0. The van der Waals surface area contributed by atoms with E-state index in [2.05, 4.69) is 19.2 Å². The number of carbonyl (C=O) groups excluding carboxylic acids is 2. The largest absolute Gasteiger partial charge is 0.466 e. The molecule has 0 radical (unpaired) electrons. The first kappa shape index (κ1) is 90.6. The molecule has 0 aromatic carbocycles. The SMILES string of the molecule is CCCCCCCCCCCCCCCCC/C=C/C(O)C(CO)NC(=O)CCCCCCCCCCCCCCCCCCCCCCCCCCCCCCCCCCCCCCCCCOC(=O)CCCCCCCCCCCCCCCCCCCCC. The third-order valence-electron chi connectivity index (χ3n) is 20.6. The molecule has 0 spiro atoms. The zero-order chi connectivity index (χ0) is 66.3. The Bertz CT molecular complexity index is 1400. The van der Waals surface area contributed by atoms with Crippen LogP contribution in [-0.4, -0.2) is 47.4 Å².